The maximum absolute atomic E-state index is 13.4. The van der Waals surface area contributed by atoms with Gasteiger partial charge in [0.1, 0.15) is 17.0 Å². The van der Waals surface area contributed by atoms with Gasteiger partial charge < -0.3 is 5.32 Å². The van der Waals surface area contributed by atoms with Crippen molar-refractivity contribution in [3.05, 3.63) is 105 Å². The molecular weight excluding hydrogens is 498 g/mol. The molecule has 1 N–H and O–H groups in total. The van der Waals surface area contributed by atoms with Gasteiger partial charge in [0.05, 0.1) is 16.6 Å². The summed E-state index contributed by atoms with van der Waals surface area (Å²) in [4.78, 5) is 36.2. The molecule has 5 aromatic rings. The normalized spacial score (nSPS) is 12.5. The van der Waals surface area contributed by atoms with Crippen LogP contribution in [0.3, 0.4) is 0 Å². The van der Waals surface area contributed by atoms with Crippen molar-refractivity contribution in [2.24, 2.45) is 0 Å². The van der Waals surface area contributed by atoms with Crippen LogP contribution in [0, 0.1) is 0 Å². The minimum Gasteiger partial charge on any atom is -0.339 e. The van der Waals surface area contributed by atoms with Gasteiger partial charge >= 0.3 is 0 Å². The topological polar surface area (TPSA) is 72.0 Å². The van der Waals surface area contributed by atoms with Crippen LogP contribution in [0.25, 0.3) is 21.3 Å². The largest absolute Gasteiger partial charge is 0.339 e. The lowest BCUT2D eigenvalue weighted by Gasteiger charge is -2.20. The molecule has 0 saturated carbocycles. The van der Waals surface area contributed by atoms with Gasteiger partial charge in [0.25, 0.3) is 0 Å². The third-order valence-electron chi connectivity index (χ3n) is 5.73. The molecule has 0 atom stereocenters. The van der Waals surface area contributed by atoms with Crippen LogP contribution < -0.4 is 5.32 Å². The second-order valence-corrected chi connectivity index (χ2v) is 9.39. The number of halogens is 1. The van der Waals surface area contributed by atoms with Crippen LogP contribution in [0.5, 0.6) is 0 Å². The van der Waals surface area contributed by atoms with Crippen molar-refractivity contribution in [1.29, 1.82) is 0 Å². The minimum atomic E-state index is -0.174. The summed E-state index contributed by atoms with van der Waals surface area (Å²) in [7, 11) is 0. The molecule has 0 saturated heterocycles. The molecule has 7 heteroatoms. The number of anilines is 2. The van der Waals surface area contributed by atoms with Crippen LogP contribution in [0.15, 0.2) is 82.9 Å². The molecular formula is C26H14BrN3O2S. The molecule has 3 aromatic carbocycles. The van der Waals surface area contributed by atoms with E-state index < -0.39 is 0 Å². The van der Waals surface area contributed by atoms with Crippen LogP contribution in [0.1, 0.15) is 31.8 Å². The molecule has 0 bridgehead atoms. The Kier molecular flexibility index (Phi) is 4.67. The minimum absolute atomic E-state index is 0.150. The third-order valence-corrected chi connectivity index (χ3v) is 7.15. The van der Waals surface area contributed by atoms with Gasteiger partial charge in [-0.25, -0.2) is 9.97 Å². The Labute approximate surface area is 201 Å². The van der Waals surface area contributed by atoms with Gasteiger partial charge in [-0.3, -0.25) is 9.59 Å². The molecule has 1 aliphatic carbocycles. The maximum Gasteiger partial charge on any atom is 0.196 e. The fourth-order valence-corrected chi connectivity index (χ4v) is 5.37. The molecule has 1 aliphatic rings. The summed E-state index contributed by atoms with van der Waals surface area (Å²) in [6.07, 6.45) is 1.50. The predicted octanol–water partition coefficient (Wildman–Crippen LogP) is 6.64. The second kappa shape index (κ2) is 7.72. The van der Waals surface area contributed by atoms with E-state index in [1.54, 1.807) is 42.5 Å². The van der Waals surface area contributed by atoms with Gasteiger partial charge in [-0.1, -0.05) is 64.5 Å². The Morgan fingerprint density at radius 3 is 2.27 bits per heavy atom. The van der Waals surface area contributed by atoms with Gasteiger partial charge in [0, 0.05) is 32.1 Å². The number of ketones is 2. The summed E-state index contributed by atoms with van der Waals surface area (Å²) >= 11 is 5.01. The fourth-order valence-electron chi connectivity index (χ4n) is 4.19. The van der Waals surface area contributed by atoms with Gasteiger partial charge in [-0.2, -0.15) is 0 Å². The van der Waals surface area contributed by atoms with Crippen LogP contribution in [-0.4, -0.2) is 21.5 Å². The third kappa shape index (κ3) is 3.20. The van der Waals surface area contributed by atoms with Crippen LogP contribution in [-0.2, 0) is 0 Å². The number of benzene rings is 3. The smallest absolute Gasteiger partial charge is 0.196 e. The van der Waals surface area contributed by atoms with Crippen LogP contribution in [0.2, 0.25) is 0 Å². The molecule has 0 fully saturated rings. The van der Waals surface area contributed by atoms with Crippen molar-refractivity contribution in [3.8, 4) is 11.1 Å². The lowest BCUT2D eigenvalue weighted by molar-refractivity contribution is 0.0979. The van der Waals surface area contributed by atoms with Crippen molar-refractivity contribution < 1.29 is 9.59 Å². The first-order valence-corrected chi connectivity index (χ1v) is 11.9. The number of hydrogen-bond donors (Lipinski definition) is 1. The SMILES string of the molecule is O=C1c2ccccc2C(=O)c2c(Nc3ncnc4scc(-c5ccc(Br)cc5)c34)cccc21. The number of carbonyl (C=O) groups is 2. The Morgan fingerprint density at radius 2 is 1.48 bits per heavy atom. The zero-order valence-electron chi connectivity index (χ0n) is 17.0. The molecule has 0 aliphatic heterocycles. The highest BCUT2D eigenvalue weighted by Gasteiger charge is 2.31. The average Bonchev–Trinajstić information content (AvgIpc) is 3.28. The highest BCUT2D eigenvalue weighted by Crippen LogP contribution is 2.39. The van der Waals surface area contributed by atoms with Crippen LogP contribution >= 0.6 is 27.3 Å². The van der Waals surface area contributed by atoms with E-state index in [1.165, 1.54) is 17.7 Å². The summed E-state index contributed by atoms with van der Waals surface area (Å²) in [6, 6.07) is 20.3. The number of aromatic nitrogens is 2. The Morgan fingerprint density at radius 1 is 0.758 bits per heavy atom. The first-order valence-electron chi connectivity index (χ1n) is 10.2. The average molecular weight is 512 g/mol. The highest BCUT2D eigenvalue weighted by molar-refractivity contribution is 9.10. The maximum atomic E-state index is 13.4. The van der Waals surface area contributed by atoms with Gasteiger partial charge in [0.2, 0.25) is 0 Å². The first kappa shape index (κ1) is 20.0. The van der Waals surface area contributed by atoms with E-state index in [0.29, 0.717) is 33.8 Å². The molecule has 0 spiro atoms. The van der Waals surface area contributed by atoms with E-state index in [4.69, 9.17) is 0 Å². The van der Waals surface area contributed by atoms with Crippen molar-refractivity contribution in [2.45, 2.75) is 0 Å². The fraction of sp³-hybridized carbons (Fsp3) is 0. The van der Waals surface area contributed by atoms with Crippen molar-refractivity contribution >= 4 is 60.6 Å². The molecule has 158 valence electrons. The molecule has 2 heterocycles. The van der Waals surface area contributed by atoms with E-state index in [2.05, 4.69) is 36.6 Å². The van der Waals surface area contributed by atoms with Crippen molar-refractivity contribution in [3.63, 3.8) is 0 Å². The summed E-state index contributed by atoms with van der Waals surface area (Å²) in [5.41, 5.74) is 4.21. The number of nitrogens with zero attached hydrogens (tertiary/aromatic N) is 2. The number of nitrogens with one attached hydrogen (secondary N) is 1. The van der Waals surface area contributed by atoms with Gasteiger partial charge in [-0.05, 0) is 23.8 Å². The van der Waals surface area contributed by atoms with Crippen molar-refractivity contribution in [2.75, 3.05) is 5.32 Å². The number of thiophene rings is 1. The zero-order valence-corrected chi connectivity index (χ0v) is 19.4. The van der Waals surface area contributed by atoms with E-state index >= 15 is 0 Å². The highest BCUT2D eigenvalue weighted by atomic mass is 79.9. The molecule has 5 nitrogen and oxygen atoms in total. The Bertz CT molecular complexity index is 1590. The standard InChI is InChI=1S/C26H14BrN3O2S/c27-15-10-8-14(9-11-15)19-12-33-26-22(19)25(28-13-29-26)30-20-7-3-6-18-21(20)24(32)17-5-2-1-4-16(17)23(18)31/h1-13H,(H,28,29,30). The molecule has 0 amide bonds. The van der Waals surface area contributed by atoms with Gasteiger partial charge in [-0.15, -0.1) is 11.3 Å². The summed E-state index contributed by atoms with van der Waals surface area (Å²) in [6.45, 7) is 0. The Hall–Kier alpha value is -3.68. The molecule has 0 radical (unpaired) electrons. The summed E-state index contributed by atoms with van der Waals surface area (Å²) in [5.74, 6) is 0.265. The lowest BCUT2D eigenvalue weighted by Crippen LogP contribution is -2.22. The molecule has 33 heavy (non-hydrogen) atoms. The first-order chi connectivity index (χ1) is 16.1. The van der Waals surface area contributed by atoms with E-state index in [0.717, 1.165) is 25.8 Å². The number of fused-ring (bicyclic) bond motifs is 3. The molecule has 2 aromatic heterocycles. The van der Waals surface area contributed by atoms with Gasteiger partial charge in [0.15, 0.2) is 11.6 Å². The molecule has 6 rings (SSSR count). The number of rotatable bonds is 3. The Balaban J connectivity index is 1.50. The zero-order chi connectivity index (χ0) is 22.5. The summed E-state index contributed by atoms with van der Waals surface area (Å²) < 4.78 is 1.000. The monoisotopic (exact) mass is 511 g/mol. The number of hydrogen-bond acceptors (Lipinski definition) is 6. The van der Waals surface area contributed by atoms with E-state index in [1.807, 2.05) is 24.3 Å². The van der Waals surface area contributed by atoms with Crippen molar-refractivity contribution in [1.82, 2.24) is 9.97 Å². The quantitative estimate of drug-likeness (QED) is 0.288. The lowest BCUT2D eigenvalue weighted by atomic mass is 9.83. The van der Waals surface area contributed by atoms with Crippen LogP contribution in [0.4, 0.5) is 11.5 Å². The predicted molar refractivity (Wildman–Crippen MR) is 134 cm³/mol. The van der Waals surface area contributed by atoms with E-state index in [9.17, 15) is 9.59 Å². The second-order valence-electron chi connectivity index (χ2n) is 7.62. The van der Waals surface area contributed by atoms with E-state index in [-0.39, 0.29) is 11.6 Å². The number of carbonyl (C=O) groups excluding carboxylic acids is 2. The molecule has 0 unspecified atom stereocenters. The summed E-state index contributed by atoms with van der Waals surface area (Å²) in [5, 5.41) is 6.27.